The van der Waals surface area contributed by atoms with Gasteiger partial charge in [0.05, 0.1) is 5.52 Å². The van der Waals surface area contributed by atoms with Crippen LogP contribution in [0.25, 0.3) is 10.9 Å². The Labute approximate surface area is 114 Å². The van der Waals surface area contributed by atoms with Gasteiger partial charge in [-0.05, 0) is 38.0 Å². The second-order valence-electron chi connectivity index (χ2n) is 4.42. The fourth-order valence-electron chi connectivity index (χ4n) is 2.12. The van der Waals surface area contributed by atoms with Crippen LogP contribution in [0, 0.1) is 0 Å². The van der Waals surface area contributed by atoms with E-state index in [-0.39, 0.29) is 6.29 Å². The normalized spacial score (nSPS) is 11.3. The van der Waals surface area contributed by atoms with E-state index in [1.54, 1.807) is 0 Å². The molecule has 1 aromatic heterocycles. The Bertz CT molecular complexity index is 507. The molecule has 3 heteroatoms. The smallest absolute Gasteiger partial charge is 0.157 e. The van der Waals surface area contributed by atoms with E-state index >= 15 is 0 Å². The lowest BCUT2D eigenvalue weighted by atomic mass is 10.1. The Morgan fingerprint density at radius 2 is 1.84 bits per heavy atom. The molecule has 3 nitrogen and oxygen atoms in total. The highest BCUT2D eigenvalue weighted by Gasteiger charge is 2.08. The number of aromatic nitrogens is 1. The van der Waals surface area contributed by atoms with Crippen LogP contribution in [0.3, 0.4) is 0 Å². The maximum atomic E-state index is 5.55. The molecule has 1 heterocycles. The summed E-state index contributed by atoms with van der Waals surface area (Å²) < 4.78 is 11.1. The second kappa shape index (κ2) is 7.22. The first-order chi connectivity index (χ1) is 9.33. The molecule has 0 spiro atoms. The van der Waals surface area contributed by atoms with Crippen molar-refractivity contribution in [3.63, 3.8) is 0 Å². The minimum absolute atomic E-state index is 0.110. The van der Waals surface area contributed by atoms with Crippen LogP contribution in [-0.2, 0) is 15.9 Å². The van der Waals surface area contributed by atoms with Crippen LogP contribution >= 0.6 is 0 Å². The number of rotatable bonds is 7. The number of hydrogen-bond donors (Lipinski definition) is 0. The molecule has 1 aromatic carbocycles. The summed E-state index contributed by atoms with van der Waals surface area (Å²) in [5.74, 6) is 0. The summed E-state index contributed by atoms with van der Waals surface area (Å²) in [5.41, 5.74) is 2.26. The lowest BCUT2D eigenvalue weighted by Gasteiger charge is -2.16. The van der Waals surface area contributed by atoms with Crippen molar-refractivity contribution in [3.05, 3.63) is 42.1 Å². The molecule has 0 aliphatic carbocycles. The molecule has 0 radical (unpaired) electrons. The Morgan fingerprint density at radius 1 is 1.11 bits per heavy atom. The fraction of sp³-hybridized carbons (Fsp3) is 0.438. The van der Waals surface area contributed by atoms with Gasteiger partial charge in [-0.1, -0.05) is 18.2 Å². The first kappa shape index (κ1) is 14.0. The number of fused-ring (bicyclic) bond motifs is 1. The van der Waals surface area contributed by atoms with Gasteiger partial charge in [0, 0.05) is 31.2 Å². The first-order valence-corrected chi connectivity index (χ1v) is 6.90. The number of hydrogen-bond acceptors (Lipinski definition) is 3. The SMILES string of the molecule is CCOC(CCc1cnc2ccccc2c1)OCC. The molecule has 0 bridgehead atoms. The van der Waals surface area contributed by atoms with E-state index in [9.17, 15) is 0 Å². The van der Waals surface area contributed by atoms with Crippen LogP contribution in [0.4, 0.5) is 0 Å². The zero-order chi connectivity index (χ0) is 13.5. The highest BCUT2D eigenvalue weighted by molar-refractivity contribution is 5.78. The molecule has 102 valence electrons. The second-order valence-corrected chi connectivity index (χ2v) is 4.42. The molecule has 0 saturated carbocycles. The number of benzene rings is 1. The van der Waals surface area contributed by atoms with Gasteiger partial charge < -0.3 is 9.47 Å². The summed E-state index contributed by atoms with van der Waals surface area (Å²) in [7, 11) is 0. The molecule has 0 saturated heterocycles. The third-order valence-corrected chi connectivity index (χ3v) is 3.02. The first-order valence-electron chi connectivity index (χ1n) is 6.90. The molecule has 0 amide bonds. The Morgan fingerprint density at radius 3 is 2.58 bits per heavy atom. The average Bonchev–Trinajstić information content (AvgIpc) is 2.45. The lowest BCUT2D eigenvalue weighted by molar-refractivity contribution is -0.139. The monoisotopic (exact) mass is 259 g/mol. The third kappa shape index (κ3) is 4.01. The van der Waals surface area contributed by atoms with Crippen molar-refractivity contribution in [2.45, 2.75) is 33.0 Å². The predicted octanol–water partition coefficient (Wildman–Crippen LogP) is 3.57. The van der Waals surface area contributed by atoms with E-state index in [1.807, 2.05) is 38.2 Å². The van der Waals surface area contributed by atoms with Crippen LogP contribution in [-0.4, -0.2) is 24.5 Å². The van der Waals surface area contributed by atoms with Crippen LogP contribution in [0.5, 0.6) is 0 Å². The maximum Gasteiger partial charge on any atom is 0.157 e. The fourth-order valence-corrected chi connectivity index (χ4v) is 2.12. The molecular formula is C16H21NO2. The van der Waals surface area contributed by atoms with Gasteiger partial charge in [0.15, 0.2) is 6.29 Å². The summed E-state index contributed by atoms with van der Waals surface area (Å²) in [5, 5.41) is 1.18. The third-order valence-electron chi connectivity index (χ3n) is 3.02. The van der Waals surface area contributed by atoms with Crippen molar-refractivity contribution >= 4 is 10.9 Å². The van der Waals surface area contributed by atoms with E-state index < -0.39 is 0 Å². The summed E-state index contributed by atoms with van der Waals surface area (Å²) in [6, 6.07) is 10.4. The molecule has 0 unspecified atom stereocenters. The summed E-state index contributed by atoms with van der Waals surface area (Å²) >= 11 is 0. The topological polar surface area (TPSA) is 31.4 Å². The number of pyridine rings is 1. The van der Waals surface area contributed by atoms with Gasteiger partial charge in [-0.3, -0.25) is 4.98 Å². The number of para-hydroxylation sites is 1. The maximum absolute atomic E-state index is 5.55. The molecule has 19 heavy (non-hydrogen) atoms. The van der Waals surface area contributed by atoms with Gasteiger partial charge in [-0.2, -0.15) is 0 Å². The summed E-state index contributed by atoms with van der Waals surface area (Å²) in [6.07, 6.45) is 3.61. The molecule has 2 aromatic rings. The molecule has 2 rings (SSSR count). The molecule has 0 aliphatic rings. The molecular weight excluding hydrogens is 238 g/mol. The molecule has 0 aliphatic heterocycles. The molecule has 0 fully saturated rings. The van der Waals surface area contributed by atoms with Gasteiger partial charge in [0.2, 0.25) is 0 Å². The predicted molar refractivity (Wildman–Crippen MR) is 77.1 cm³/mol. The Kier molecular flexibility index (Phi) is 5.31. The van der Waals surface area contributed by atoms with Gasteiger partial charge >= 0.3 is 0 Å². The highest BCUT2D eigenvalue weighted by atomic mass is 16.7. The van der Waals surface area contributed by atoms with Crippen molar-refractivity contribution < 1.29 is 9.47 Å². The van der Waals surface area contributed by atoms with Crippen LogP contribution in [0.1, 0.15) is 25.8 Å². The minimum atomic E-state index is -0.110. The summed E-state index contributed by atoms with van der Waals surface area (Å²) in [4.78, 5) is 4.47. The molecule has 0 atom stereocenters. The van der Waals surface area contributed by atoms with Crippen molar-refractivity contribution in [2.24, 2.45) is 0 Å². The zero-order valence-corrected chi connectivity index (χ0v) is 11.6. The lowest BCUT2D eigenvalue weighted by Crippen LogP contribution is -2.18. The molecule has 0 N–H and O–H groups in total. The van der Waals surface area contributed by atoms with Crippen molar-refractivity contribution in [3.8, 4) is 0 Å². The van der Waals surface area contributed by atoms with Crippen molar-refractivity contribution in [1.82, 2.24) is 4.98 Å². The Hall–Kier alpha value is -1.45. The van der Waals surface area contributed by atoms with E-state index in [1.165, 1.54) is 10.9 Å². The van der Waals surface area contributed by atoms with Gasteiger partial charge in [-0.25, -0.2) is 0 Å². The van der Waals surface area contributed by atoms with Crippen LogP contribution in [0.15, 0.2) is 36.5 Å². The number of ether oxygens (including phenoxy) is 2. The summed E-state index contributed by atoms with van der Waals surface area (Å²) in [6.45, 7) is 5.34. The average molecular weight is 259 g/mol. The van der Waals surface area contributed by atoms with Gasteiger partial charge in [0.1, 0.15) is 0 Å². The number of aryl methyl sites for hydroxylation is 1. The van der Waals surface area contributed by atoms with E-state index in [0.717, 1.165) is 18.4 Å². The largest absolute Gasteiger partial charge is 0.353 e. The standard InChI is InChI=1S/C16H21NO2/c1-3-18-16(19-4-2)10-9-13-11-14-7-5-6-8-15(14)17-12-13/h5-8,11-12,16H,3-4,9-10H2,1-2H3. The zero-order valence-electron chi connectivity index (χ0n) is 11.6. The van der Waals surface area contributed by atoms with Crippen LogP contribution in [0.2, 0.25) is 0 Å². The van der Waals surface area contributed by atoms with Crippen molar-refractivity contribution in [1.29, 1.82) is 0 Å². The number of nitrogens with zero attached hydrogens (tertiary/aromatic N) is 1. The van der Waals surface area contributed by atoms with Crippen molar-refractivity contribution in [2.75, 3.05) is 13.2 Å². The van der Waals surface area contributed by atoms with E-state index in [2.05, 4.69) is 17.1 Å². The van der Waals surface area contributed by atoms with Crippen LogP contribution < -0.4 is 0 Å². The quantitative estimate of drug-likeness (QED) is 0.712. The van der Waals surface area contributed by atoms with E-state index in [4.69, 9.17) is 9.47 Å². The highest BCUT2D eigenvalue weighted by Crippen LogP contribution is 2.15. The Balaban J connectivity index is 2.00. The van der Waals surface area contributed by atoms with E-state index in [0.29, 0.717) is 13.2 Å². The van der Waals surface area contributed by atoms with Gasteiger partial charge in [-0.15, -0.1) is 0 Å². The minimum Gasteiger partial charge on any atom is -0.353 e. The van der Waals surface area contributed by atoms with Gasteiger partial charge in [0.25, 0.3) is 0 Å².